The van der Waals surface area contributed by atoms with Gasteiger partial charge < -0.3 is 4.42 Å². The molecule has 2 unspecified atom stereocenters. The van der Waals surface area contributed by atoms with E-state index < -0.39 is 10.0 Å². The number of fused-ring (bicyclic) bond motifs is 1. The second kappa shape index (κ2) is 6.00. The Labute approximate surface area is 141 Å². The number of nitrogens with one attached hydrogen (secondary N) is 2. The highest BCUT2D eigenvalue weighted by Gasteiger charge is 2.32. The second-order valence-electron chi connectivity index (χ2n) is 6.49. The molecule has 2 aliphatic heterocycles. The summed E-state index contributed by atoms with van der Waals surface area (Å²) in [7, 11) is -3.61. The number of hydrogen-bond acceptors (Lipinski definition) is 5. The lowest BCUT2D eigenvalue weighted by Crippen LogP contribution is -2.35. The van der Waals surface area contributed by atoms with Crippen molar-refractivity contribution >= 4 is 10.0 Å². The van der Waals surface area contributed by atoms with Gasteiger partial charge in [0, 0.05) is 19.1 Å². The molecule has 2 N–H and O–H groups in total. The highest BCUT2D eigenvalue weighted by Crippen LogP contribution is 2.29. The maximum Gasteiger partial charge on any atom is 0.276 e. The summed E-state index contributed by atoms with van der Waals surface area (Å²) in [5, 5.41) is 0.0261. The van der Waals surface area contributed by atoms with Crippen LogP contribution in [-0.2, 0) is 23.0 Å². The van der Waals surface area contributed by atoms with Crippen molar-refractivity contribution in [1.82, 2.24) is 15.2 Å². The van der Waals surface area contributed by atoms with Gasteiger partial charge in [0.15, 0.2) is 0 Å². The quantitative estimate of drug-likeness (QED) is 0.888. The molecule has 0 spiro atoms. The number of hydrazine groups is 1. The van der Waals surface area contributed by atoms with E-state index >= 15 is 0 Å². The monoisotopic (exact) mass is 347 g/mol. The number of furan rings is 1. The van der Waals surface area contributed by atoms with Crippen LogP contribution in [0.25, 0.3) is 0 Å². The third-order valence-corrected chi connectivity index (χ3v) is 6.45. The van der Waals surface area contributed by atoms with Gasteiger partial charge in [-0.1, -0.05) is 24.3 Å². The van der Waals surface area contributed by atoms with Gasteiger partial charge in [0.05, 0.1) is 6.04 Å². The molecule has 1 fully saturated rings. The number of benzene rings is 1. The van der Waals surface area contributed by atoms with E-state index in [2.05, 4.69) is 23.8 Å². The van der Waals surface area contributed by atoms with Gasteiger partial charge in [-0.2, -0.15) is 4.31 Å². The van der Waals surface area contributed by atoms with Crippen LogP contribution in [0, 0.1) is 0 Å². The summed E-state index contributed by atoms with van der Waals surface area (Å²) >= 11 is 0. The Balaban J connectivity index is 1.56. The lowest BCUT2D eigenvalue weighted by Gasteiger charge is -2.27. The van der Waals surface area contributed by atoms with Crippen molar-refractivity contribution in [3.63, 3.8) is 0 Å². The van der Waals surface area contributed by atoms with Gasteiger partial charge in [0.1, 0.15) is 5.76 Å². The first-order valence-corrected chi connectivity index (χ1v) is 9.66. The normalized spacial score (nSPS) is 24.9. The molecule has 4 rings (SSSR count). The molecule has 3 heterocycles. The predicted molar refractivity (Wildman–Crippen MR) is 89.5 cm³/mol. The van der Waals surface area contributed by atoms with E-state index in [0.29, 0.717) is 24.9 Å². The standard InChI is InChI=1S/C17H21N3O3S/c1-12-10-15(19-18-12)16-6-7-17(23-16)24(21,22)20-9-8-13-4-2-3-5-14(13)11-20/h2-7,12,15,18-19H,8-11H2,1H3. The summed E-state index contributed by atoms with van der Waals surface area (Å²) in [6.07, 6.45) is 1.60. The van der Waals surface area contributed by atoms with Crippen molar-refractivity contribution in [1.29, 1.82) is 0 Å². The molecule has 0 aliphatic carbocycles. The summed E-state index contributed by atoms with van der Waals surface area (Å²) in [6, 6.07) is 11.6. The molecule has 24 heavy (non-hydrogen) atoms. The van der Waals surface area contributed by atoms with Crippen LogP contribution in [0.4, 0.5) is 0 Å². The maximum absolute atomic E-state index is 12.9. The van der Waals surface area contributed by atoms with Gasteiger partial charge in [-0.25, -0.2) is 13.8 Å². The molecule has 0 amide bonds. The molecule has 0 bridgehead atoms. The first-order valence-electron chi connectivity index (χ1n) is 8.22. The van der Waals surface area contributed by atoms with E-state index in [-0.39, 0.29) is 11.1 Å². The topological polar surface area (TPSA) is 74.6 Å². The van der Waals surface area contributed by atoms with E-state index in [1.54, 1.807) is 12.1 Å². The minimum absolute atomic E-state index is 0.00559. The van der Waals surface area contributed by atoms with Crippen molar-refractivity contribution in [2.24, 2.45) is 0 Å². The number of sulfonamides is 1. The predicted octanol–water partition coefficient (Wildman–Crippen LogP) is 1.95. The average molecular weight is 347 g/mol. The first-order chi connectivity index (χ1) is 11.5. The summed E-state index contributed by atoms with van der Waals surface area (Å²) in [6.45, 7) is 2.95. The zero-order chi connectivity index (χ0) is 16.7. The summed E-state index contributed by atoms with van der Waals surface area (Å²) < 4.78 is 33.0. The Morgan fingerprint density at radius 1 is 1.12 bits per heavy atom. The highest BCUT2D eigenvalue weighted by molar-refractivity contribution is 7.89. The maximum atomic E-state index is 12.9. The summed E-state index contributed by atoms with van der Waals surface area (Å²) in [5.41, 5.74) is 8.53. The Morgan fingerprint density at radius 2 is 1.92 bits per heavy atom. The Kier molecular flexibility index (Phi) is 3.96. The van der Waals surface area contributed by atoms with Gasteiger partial charge in [-0.15, -0.1) is 0 Å². The Bertz CT molecular complexity index is 846. The van der Waals surface area contributed by atoms with Crippen molar-refractivity contribution in [3.05, 3.63) is 53.3 Å². The molecule has 1 saturated heterocycles. The Hall–Kier alpha value is -1.67. The van der Waals surface area contributed by atoms with Gasteiger partial charge in [0.25, 0.3) is 10.0 Å². The van der Waals surface area contributed by atoms with Gasteiger partial charge >= 0.3 is 0 Å². The minimum atomic E-state index is -3.61. The Morgan fingerprint density at radius 3 is 2.67 bits per heavy atom. The van der Waals surface area contributed by atoms with Gasteiger partial charge in [0.2, 0.25) is 5.09 Å². The third kappa shape index (κ3) is 2.77. The van der Waals surface area contributed by atoms with Crippen LogP contribution in [0.5, 0.6) is 0 Å². The lowest BCUT2D eigenvalue weighted by molar-refractivity contribution is 0.341. The van der Waals surface area contributed by atoms with Gasteiger partial charge in [-0.05, 0) is 43.0 Å². The largest absolute Gasteiger partial charge is 0.447 e. The molecule has 2 atom stereocenters. The molecule has 0 radical (unpaired) electrons. The smallest absolute Gasteiger partial charge is 0.276 e. The summed E-state index contributed by atoms with van der Waals surface area (Å²) in [5.74, 6) is 0.655. The van der Waals surface area contributed by atoms with Crippen LogP contribution < -0.4 is 10.9 Å². The molecule has 1 aromatic carbocycles. The third-order valence-electron chi connectivity index (χ3n) is 4.73. The van der Waals surface area contributed by atoms with Crippen molar-refractivity contribution in [3.8, 4) is 0 Å². The van der Waals surface area contributed by atoms with Crippen LogP contribution in [0.15, 0.2) is 45.9 Å². The molecular formula is C17H21N3O3S. The first kappa shape index (κ1) is 15.8. The molecule has 1 aromatic heterocycles. The minimum Gasteiger partial charge on any atom is -0.447 e. The van der Waals surface area contributed by atoms with E-state index in [9.17, 15) is 8.42 Å². The van der Waals surface area contributed by atoms with E-state index in [1.807, 2.05) is 18.2 Å². The van der Waals surface area contributed by atoms with E-state index in [0.717, 1.165) is 18.4 Å². The van der Waals surface area contributed by atoms with Crippen molar-refractivity contribution in [2.45, 2.75) is 43.5 Å². The lowest BCUT2D eigenvalue weighted by atomic mass is 10.0. The summed E-state index contributed by atoms with van der Waals surface area (Å²) in [4.78, 5) is 0. The van der Waals surface area contributed by atoms with Crippen molar-refractivity contribution in [2.75, 3.05) is 6.54 Å². The molecule has 128 valence electrons. The van der Waals surface area contributed by atoms with Crippen molar-refractivity contribution < 1.29 is 12.8 Å². The number of nitrogens with zero attached hydrogens (tertiary/aromatic N) is 1. The zero-order valence-corrected chi connectivity index (χ0v) is 14.3. The fraction of sp³-hybridized carbons (Fsp3) is 0.412. The van der Waals surface area contributed by atoms with E-state index in [4.69, 9.17) is 4.42 Å². The van der Waals surface area contributed by atoms with Crippen LogP contribution in [0.2, 0.25) is 0 Å². The molecule has 2 aliphatic rings. The molecule has 0 saturated carbocycles. The van der Waals surface area contributed by atoms with Crippen LogP contribution in [0.3, 0.4) is 0 Å². The number of rotatable bonds is 3. The molecule has 6 nitrogen and oxygen atoms in total. The average Bonchev–Trinajstić information content (AvgIpc) is 3.23. The fourth-order valence-corrected chi connectivity index (χ4v) is 4.70. The van der Waals surface area contributed by atoms with E-state index in [1.165, 1.54) is 9.87 Å². The fourth-order valence-electron chi connectivity index (χ4n) is 3.36. The van der Waals surface area contributed by atoms with Gasteiger partial charge in [-0.3, -0.25) is 5.43 Å². The molecule has 7 heteroatoms. The SMILES string of the molecule is CC1CC(c2ccc(S(=O)(=O)N3CCc4ccccc4C3)o2)NN1. The van der Waals surface area contributed by atoms with Crippen LogP contribution >= 0.6 is 0 Å². The zero-order valence-electron chi connectivity index (χ0n) is 13.5. The highest BCUT2D eigenvalue weighted by atomic mass is 32.2. The number of hydrogen-bond donors (Lipinski definition) is 2. The van der Waals surface area contributed by atoms with Crippen LogP contribution in [-0.4, -0.2) is 25.3 Å². The second-order valence-corrected chi connectivity index (χ2v) is 8.36. The molecular weight excluding hydrogens is 326 g/mol. The van der Waals surface area contributed by atoms with Crippen LogP contribution in [0.1, 0.15) is 36.3 Å². The molecule has 2 aromatic rings.